The van der Waals surface area contributed by atoms with Crippen molar-refractivity contribution in [3.8, 4) is 6.07 Å². The summed E-state index contributed by atoms with van der Waals surface area (Å²) in [5, 5.41) is 11.9. The van der Waals surface area contributed by atoms with Crippen LogP contribution in [0.15, 0.2) is 12.3 Å². The minimum atomic E-state index is -0.133. The van der Waals surface area contributed by atoms with Crippen molar-refractivity contribution in [2.24, 2.45) is 5.92 Å². The molecule has 2 aliphatic heterocycles. The number of hydrogen-bond acceptors (Lipinski definition) is 4. The predicted molar refractivity (Wildman–Crippen MR) is 79.2 cm³/mol. The van der Waals surface area contributed by atoms with Crippen molar-refractivity contribution in [3.63, 3.8) is 0 Å². The van der Waals surface area contributed by atoms with Crippen LogP contribution in [-0.2, 0) is 4.74 Å². The largest absolute Gasteiger partial charge is 0.375 e. The predicted octanol–water partition coefficient (Wildman–Crippen LogP) is 0.868. The van der Waals surface area contributed by atoms with Crippen LogP contribution in [0.3, 0.4) is 0 Å². The van der Waals surface area contributed by atoms with E-state index in [9.17, 15) is 4.79 Å². The summed E-state index contributed by atoms with van der Waals surface area (Å²) < 4.78 is 5.98. The second kappa shape index (κ2) is 5.41. The van der Waals surface area contributed by atoms with Gasteiger partial charge in [0.05, 0.1) is 18.3 Å². The van der Waals surface area contributed by atoms with E-state index in [1.165, 1.54) is 12.8 Å². The normalized spacial score (nSPS) is 31.5. The number of fused-ring (bicyclic) bond motifs is 1. The Labute approximate surface area is 129 Å². The van der Waals surface area contributed by atoms with Crippen LogP contribution < -0.4 is 5.32 Å². The molecule has 3 aliphatic rings. The van der Waals surface area contributed by atoms with Crippen LogP contribution in [0.2, 0.25) is 0 Å². The number of aromatic nitrogens is 1. The van der Waals surface area contributed by atoms with Crippen LogP contribution in [0.5, 0.6) is 0 Å². The fraction of sp³-hybridized carbons (Fsp3) is 0.625. The smallest absolute Gasteiger partial charge is 0.267 e. The maximum absolute atomic E-state index is 12.2. The number of aromatic amines is 1. The number of hydrogen-bond donors (Lipinski definition) is 2. The Bertz CT molecular complexity index is 616. The summed E-state index contributed by atoms with van der Waals surface area (Å²) in [6.45, 7) is 2.69. The topological polar surface area (TPSA) is 81.1 Å². The van der Waals surface area contributed by atoms with E-state index in [1.54, 1.807) is 12.3 Å². The Morgan fingerprint density at radius 2 is 2.32 bits per heavy atom. The molecule has 1 saturated carbocycles. The number of nitrogens with one attached hydrogen (secondary N) is 2. The zero-order chi connectivity index (χ0) is 15.1. The zero-order valence-corrected chi connectivity index (χ0v) is 12.4. The number of carbonyl (C=O) groups is 1. The lowest BCUT2D eigenvalue weighted by atomic mass is 10.1. The highest BCUT2D eigenvalue weighted by atomic mass is 16.5. The summed E-state index contributed by atoms with van der Waals surface area (Å²) in [6, 6.07) is 4.20. The molecule has 0 bridgehead atoms. The van der Waals surface area contributed by atoms with Crippen molar-refractivity contribution < 1.29 is 9.53 Å². The summed E-state index contributed by atoms with van der Waals surface area (Å²) in [7, 11) is 0. The molecule has 3 atom stereocenters. The molecule has 1 aromatic rings. The van der Waals surface area contributed by atoms with Crippen molar-refractivity contribution in [2.75, 3.05) is 19.7 Å². The van der Waals surface area contributed by atoms with Crippen LogP contribution in [0.1, 0.15) is 35.3 Å². The molecule has 6 heteroatoms. The number of nitrogens with zero attached hydrogens (tertiary/aromatic N) is 2. The van der Waals surface area contributed by atoms with Gasteiger partial charge in [0.15, 0.2) is 0 Å². The monoisotopic (exact) mass is 300 g/mol. The van der Waals surface area contributed by atoms with Gasteiger partial charge >= 0.3 is 0 Å². The first-order valence-electron chi connectivity index (χ1n) is 7.98. The maximum atomic E-state index is 12.2. The molecule has 2 N–H and O–H groups in total. The molecule has 2 saturated heterocycles. The summed E-state index contributed by atoms with van der Waals surface area (Å²) in [5.74, 6) is 0.629. The first kappa shape index (κ1) is 13.8. The van der Waals surface area contributed by atoms with Gasteiger partial charge in [0.25, 0.3) is 5.91 Å². The molecular formula is C16H20N4O2. The van der Waals surface area contributed by atoms with Crippen molar-refractivity contribution in [1.82, 2.24) is 15.2 Å². The van der Waals surface area contributed by atoms with Gasteiger partial charge < -0.3 is 15.0 Å². The van der Waals surface area contributed by atoms with Gasteiger partial charge in [-0.2, -0.15) is 5.26 Å². The summed E-state index contributed by atoms with van der Waals surface area (Å²) in [6.07, 6.45) is 5.50. The molecule has 1 amide bonds. The molecule has 6 nitrogen and oxygen atoms in total. The average Bonchev–Trinajstić information content (AvgIpc) is 3.12. The van der Waals surface area contributed by atoms with Crippen molar-refractivity contribution in [2.45, 2.75) is 37.5 Å². The molecular weight excluding hydrogens is 280 g/mol. The Morgan fingerprint density at radius 1 is 1.45 bits per heavy atom. The quantitative estimate of drug-likeness (QED) is 0.868. The molecule has 1 aliphatic carbocycles. The van der Waals surface area contributed by atoms with E-state index in [4.69, 9.17) is 10.00 Å². The summed E-state index contributed by atoms with van der Waals surface area (Å²) in [4.78, 5) is 17.5. The molecule has 0 spiro atoms. The van der Waals surface area contributed by atoms with E-state index >= 15 is 0 Å². The molecule has 0 aromatic carbocycles. The third-order valence-electron chi connectivity index (χ3n) is 4.98. The number of ether oxygens (including phenoxy) is 1. The van der Waals surface area contributed by atoms with Gasteiger partial charge in [-0.3, -0.25) is 9.69 Å². The highest BCUT2D eigenvalue weighted by Gasteiger charge is 2.42. The molecule has 0 radical (unpaired) electrons. The first-order chi connectivity index (χ1) is 10.7. The van der Waals surface area contributed by atoms with Gasteiger partial charge in [0.2, 0.25) is 0 Å². The molecule has 3 fully saturated rings. The molecule has 0 unspecified atom stereocenters. The van der Waals surface area contributed by atoms with E-state index < -0.39 is 0 Å². The fourth-order valence-corrected chi connectivity index (χ4v) is 3.61. The van der Waals surface area contributed by atoms with Gasteiger partial charge in [0.1, 0.15) is 11.8 Å². The van der Waals surface area contributed by atoms with Gasteiger partial charge in [0, 0.05) is 31.4 Å². The Hall–Kier alpha value is -1.84. The molecule has 3 heterocycles. The summed E-state index contributed by atoms with van der Waals surface area (Å²) in [5.41, 5.74) is 0.934. The third-order valence-corrected chi connectivity index (χ3v) is 4.98. The van der Waals surface area contributed by atoms with Crippen molar-refractivity contribution in [3.05, 3.63) is 23.5 Å². The van der Waals surface area contributed by atoms with E-state index in [1.807, 2.05) is 6.07 Å². The van der Waals surface area contributed by atoms with E-state index in [0.717, 1.165) is 32.0 Å². The number of morpholine rings is 1. The van der Waals surface area contributed by atoms with Crippen LogP contribution in [0, 0.1) is 17.2 Å². The lowest BCUT2D eigenvalue weighted by Crippen LogP contribution is -2.47. The number of H-pyrrole nitrogens is 1. The molecule has 4 rings (SSSR count). The van der Waals surface area contributed by atoms with Gasteiger partial charge in [-0.05, 0) is 31.2 Å². The SMILES string of the molecule is N#Cc1c[nH]c(C(=O)N[C@H]2C[C@H]3CO[C@@H](C4CC4)CN3C2)c1. The lowest BCUT2D eigenvalue weighted by Gasteiger charge is -2.35. The molecule has 22 heavy (non-hydrogen) atoms. The van der Waals surface area contributed by atoms with Crippen LogP contribution >= 0.6 is 0 Å². The highest BCUT2D eigenvalue weighted by Crippen LogP contribution is 2.37. The number of amides is 1. The first-order valence-corrected chi connectivity index (χ1v) is 7.98. The van der Waals surface area contributed by atoms with Crippen LogP contribution in [-0.4, -0.2) is 53.7 Å². The highest BCUT2D eigenvalue weighted by molar-refractivity contribution is 5.93. The van der Waals surface area contributed by atoms with E-state index in [-0.39, 0.29) is 11.9 Å². The Morgan fingerprint density at radius 3 is 3.05 bits per heavy atom. The molecule has 116 valence electrons. The number of rotatable bonds is 3. The Balaban J connectivity index is 1.34. The standard InChI is InChI=1S/C16H20N4O2/c17-5-10-3-14(18-6-10)16(21)19-12-4-13-9-22-15(11-1-2-11)8-20(13)7-12/h3,6,11-13,15,18H,1-2,4,7-9H2,(H,19,21)/t12-,13-,15+/m0/s1. The second-order valence-corrected chi connectivity index (χ2v) is 6.64. The minimum absolute atomic E-state index is 0.133. The fourth-order valence-electron chi connectivity index (χ4n) is 3.61. The molecule has 1 aromatic heterocycles. The lowest BCUT2D eigenvalue weighted by molar-refractivity contribution is -0.0581. The second-order valence-electron chi connectivity index (χ2n) is 6.64. The van der Waals surface area contributed by atoms with Gasteiger partial charge in [-0.1, -0.05) is 0 Å². The zero-order valence-electron chi connectivity index (χ0n) is 12.4. The maximum Gasteiger partial charge on any atom is 0.267 e. The minimum Gasteiger partial charge on any atom is -0.375 e. The van der Waals surface area contributed by atoms with Gasteiger partial charge in [-0.15, -0.1) is 0 Å². The van der Waals surface area contributed by atoms with Crippen molar-refractivity contribution >= 4 is 5.91 Å². The van der Waals surface area contributed by atoms with E-state index in [0.29, 0.717) is 23.4 Å². The average molecular weight is 300 g/mol. The van der Waals surface area contributed by atoms with Gasteiger partial charge in [-0.25, -0.2) is 0 Å². The van der Waals surface area contributed by atoms with Crippen molar-refractivity contribution in [1.29, 1.82) is 5.26 Å². The third kappa shape index (κ3) is 2.62. The van der Waals surface area contributed by atoms with Crippen LogP contribution in [0.25, 0.3) is 0 Å². The number of carbonyl (C=O) groups excluding carboxylic acids is 1. The van der Waals surface area contributed by atoms with E-state index in [2.05, 4.69) is 15.2 Å². The summed E-state index contributed by atoms with van der Waals surface area (Å²) >= 11 is 0. The van der Waals surface area contributed by atoms with Crippen LogP contribution in [0.4, 0.5) is 0 Å². The Kier molecular flexibility index (Phi) is 3.40. The number of nitriles is 1.